The summed E-state index contributed by atoms with van der Waals surface area (Å²) in [5, 5.41) is 8.74. The average molecular weight is 470 g/mol. The number of aryl methyl sites for hydroxylation is 1. The second kappa shape index (κ2) is 9.42. The molecule has 0 fully saturated rings. The number of nitrogens with zero attached hydrogens (tertiary/aromatic N) is 2. The number of amides is 1. The molecule has 1 N–H and O–H groups in total. The van der Waals surface area contributed by atoms with Crippen LogP contribution in [0.25, 0.3) is 15.9 Å². The molecule has 0 saturated carbocycles. The number of ether oxygens (including phenoxy) is 2. The second-order valence-electron chi connectivity index (χ2n) is 6.86. The molecule has 7 nitrogen and oxygen atoms in total. The molecular formula is C23H20ClN3O4S. The molecule has 9 heteroatoms. The first-order chi connectivity index (χ1) is 15.5. The third-order valence-electron chi connectivity index (χ3n) is 4.61. The Morgan fingerprint density at radius 3 is 2.66 bits per heavy atom. The fourth-order valence-corrected chi connectivity index (χ4v) is 4.35. The lowest BCUT2D eigenvalue weighted by Crippen LogP contribution is -2.21. The summed E-state index contributed by atoms with van der Waals surface area (Å²) in [4.78, 5) is 26.1. The van der Waals surface area contributed by atoms with E-state index in [4.69, 9.17) is 21.1 Å². The van der Waals surface area contributed by atoms with Gasteiger partial charge in [0, 0.05) is 10.4 Å². The minimum Gasteiger partial charge on any atom is -0.492 e. The van der Waals surface area contributed by atoms with E-state index in [2.05, 4.69) is 10.4 Å². The Hall–Kier alpha value is -3.36. The fraction of sp³-hybridized carbons (Fsp3) is 0.174. The van der Waals surface area contributed by atoms with E-state index in [1.807, 2.05) is 32.0 Å². The molecule has 2 aromatic carbocycles. The van der Waals surface area contributed by atoms with Crippen molar-refractivity contribution in [3.05, 3.63) is 70.2 Å². The lowest BCUT2D eigenvalue weighted by molar-refractivity contribution is -0.119. The number of anilines is 1. The third-order valence-corrected chi connectivity index (χ3v) is 5.95. The van der Waals surface area contributed by atoms with Crippen LogP contribution in [0, 0.1) is 6.92 Å². The molecule has 0 aliphatic heterocycles. The smallest absolute Gasteiger partial charge is 0.348 e. The molecule has 0 saturated heterocycles. The van der Waals surface area contributed by atoms with E-state index in [9.17, 15) is 9.59 Å². The van der Waals surface area contributed by atoms with Crippen LogP contribution in [0.15, 0.2) is 54.6 Å². The van der Waals surface area contributed by atoms with Gasteiger partial charge in [0.1, 0.15) is 15.5 Å². The van der Waals surface area contributed by atoms with Crippen molar-refractivity contribution >= 4 is 50.7 Å². The molecule has 4 aromatic rings. The summed E-state index contributed by atoms with van der Waals surface area (Å²) in [6.07, 6.45) is 0. The van der Waals surface area contributed by atoms with Crippen LogP contribution >= 0.6 is 22.9 Å². The van der Waals surface area contributed by atoms with Gasteiger partial charge in [0.25, 0.3) is 5.91 Å². The van der Waals surface area contributed by atoms with Crippen molar-refractivity contribution in [1.29, 1.82) is 0 Å². The van der Waals surface area contributed by atoms with E-state index in [-0.39, 0.29) is 0 Å². The van der Waals surface area contributed by atoms with Gasteiger partial charge in [-0.2, -0.15) is 5.10 Å². The molecule has 2 heterocycles. The van der Waals surface area contributed by atoms with Gasteiger partial charge in [-0.3, -0.25) is 4.79 Å². The van der Waals surface area contributed by atoms with Gasteiger partial charge in [0.2, 0.25) is 0 Å². The average Bonchev–Trinajstić information content (AvgIpc) is 3.35. The van der Waals surface area contributed by atoms with Crippen LogP contribution in [0.2, 0.25) is 5.02 Å². The number of esters is 1. The monoisotopic (exact) mass is 469 g/mol. The topological polar surface area (TPSA) is 82.4 Å². The van der Waals surface area contributed by atoms with Crippen LogP contribution in [-0.2, 0) is 9.53 Å². The second-order valence-corrected chi connectivity index (χ2v) is 8.32. The Kier molecular flexibility index (Phi) is 6.43. The number of hydrogen-bond acceptors (Lipinski definition) is 6. The number of carbonyl (C=O) groups is 2. The van der Waals surface area contributed by atoms with Crippen LogP contribution < -0.4 is 10.1 Å². The molecular weight excluding hydrogens is 450 g/mol. The maximum Gasteiger partial charge on any atom is 0.348 e. The zero-order valence-corrected chi connectivity index (χ0v) is 19.0. The summed E-state index contributed by atoms with van der Waals surface area (Å²) in [5.41, 5.74) is 2.15. The van der Waals surface area contributed by atoms with Crippen LogP contribution in [-0.4, -0.2) is 34.9 Å². The summed E-state index contributed by atoms with van der Waals surface area (Å²) in [7, 11) is 0. The van der Waals surface area contributed by atoms with E-state index in [0.29, 0.717) is 27.9 Å². The Morgan fingerprint density at radius 1 is 1.16 bits per heavy atom. The predicted octanol–water partition coefficient (Wildman–Crippen LogP) is 5.24. The van der Waals surface area contributed by atoms with E-state index in [1.165, 1.54) is 11.3 Å². The summed E-state index contributed by atoms with van der Waals surface area (Å²) in [6, 6.07) is 16.1. The lowest BCUT2D eigenvalue weighted by atomic mass is 10.3. The van der Waals surface area contributed by atoms with Gasteiger partial charge in [-0.25, -0.2) is 9.48 Å². The van der Waals surface area contributed by atoms with Gasteiger partial charge in [-0.05, 0) is 56.3 Å². The van der Waals surface area contributed by atoms with Crippen LogP contribution in [0.1, 0.15) is 22.3 Å². The zero-order chi connectivity index (χ0) is 22.7. The number of rotatable bonds is 7. The Bertz CT molecular complexity index is 1280. The molecule has 2 aromatic heterocycles. The molecule has 0 spiro atoms. The molecule has 0 atom stereocenters. The quantitative estimate of drug-likeness (QED) is 0.374. The molecule has 0 radical (unpaired) electrons. The fourth-order valence-electron chi connectivity index (χ4n) is 3.14. The van der Waals surface area contributed by atoms with Crippen molar-refractivity contribution in [3.63, 3.8) is 0 Å². The molecule has 0 unspecified atom stereocenters. The molecule has 4 rings (SSSR count). The third kappa shape index (κ3) is 4.61. The standard InChI is InChI=1S/C23H20ClN3O4S/c1-3-30-19-7-5-4-6-18(19)25-21(28)13-31-23(29)20-12-17-14(2)26-27(22(17)32-20)16-10-8-15(24)9-11-16/h4-12H,3,13H2,1-2H3,(H,25,28). The highest BCUT2D eigenvalue weighted by Gasteiger charge is 2.19. The lowest BCUT2D eigenvalue weighted by Gasteiger charge is -2.11. The molecule has 1 amide bonds. The molecule has 0 aliphatic rings. The molecule has 0 bridgehead atoms. The summed E-state index contributed by atoms with van der Waals surface area (Å²) in [6.45, 7) is 3.80. The zero-order valence-electron chi connectivity index (χ0n) is 17.4. The van der Waals surface area contributed by atoms with Crippen molar-refractivity contribution < 1.29 is 19.1 Å². The molecule has 32 heavy (non-hydrogen) atoms. The van der Waals surface area contributed by atoms with E-state index >= 15 is 0 Å². The number of para-hydroxylation sites is 2. The van der Waals surface area contributed by atoms with E-state index in [0.717, 1.165) is 21.6 Å². The Balaban J connectivity index is 1.46. The SMILES string of the molecule is CCOc1ccccc1NC(=O)COC(=O)c1cc2c(C)nn(-c3ccc(Cl)cc3)c2s1. The molecule has 164 valence electrons. The first-order valence-electron chi connectivity index (χ1n) is 9.90. The Labute approximate surface area is 193 Å². The minimum absolute atomic E-state index is 0.394. The van der Waals surface area contributed by atoms with Gasteiger partial charge in [0.15, 0.2) is 6.61 Å². The summed E-state index contributed by atoms with van der Waals surface area (Å²) in [5.74, 6) is -0.460. The van der Waals surface area contributed by atoms with E-state index < -0.39 is 18.5 Å². The van der Waals surface area contributed by atoms with Crippen molar-refractivity contribution in [3.8, 4) is 11.4 Å². The van der Waals surface area contributed by atoms with Gasteiger partial charge in [0.05, 0.1) is 23.7 Å². The van der Waals surface area contributed by atoms with Gasteiger partial charge >= 0.3 is 5.97 Å². The van der Waals surface area contributed by atoms with Gasteiger partial charge in [-0.15, -0.1) is 11.3 Å². The van der Waals surface area contributed by atoms with Gasteiger partial charge in [-0.1, -0.05) is 23.7 Å². The Morgan fingerprint density at radius 2 is 1.91 bits per heavy atom. The maximum atomic E-state index is 12.6. The number of carbonyl (C=O) groups excluding carboxylic acids is 2. The van der Waals surface area contributed by atoms with E-state index in [1.54, 1.807) is 41.1 Å². The number of nitrogens with one attached hydrogen (secondary N) is 1. The number of thiophene rings is 1. The predicted molar refractivity (Wildman–Crippen MR) is 125 cm³/mol. The first kappa shape index (κ1) is 21.9. The van der Waals surface area contributed by atoms with Crippen LogP contribution in [0.3, 0.4) is 0 Å². The molecule has 0 aliphatic carbocycles. The van der Waals surface area contributed by atoms with Crippen molar-refractivity contribution in [1.82, 2.24) is 9.78 Å². The van der Waals surface area contributed by atoms with Crippen LogP contribution in [0.4, 0.5) is 5.69 Å². The minimum atomic E-state index is -0.568. The van der Waals surface area contributed by atoms with Gasteiger partial charge < -0.3 is 14.8 Å². The number of benzene rings is 2. The first-order valence-corrected chi connectivity index (χ1v) is 11.1. The van der Waals surface area contributed by atoms with Crippen molar-refractivity contribution in [2.75, 3.05) is 18.5 Å². The van der Waals surface area contributed by atoms with Crippen molar-refractivity contribution in [2.24, 2.45) is 0 Å². The summed E-state index contributed by atoms with van der Waals surface area (Å²) < 4.78 is 12.5. The number of aromatic nitrogens is 2. The number of fused-ring (bicyclic) bond motifs is 1. The normalized spacial score (nSPS) is 10.8. The number of halogens is 1. The number of hydrogen-bond donors (Lipinski definition) is 1. The van der Waals surface area contributed by atoms with Crippen LogP contribution in [0.5, 0.6) is 5.75 Å². The largest absolute Gasteiger partial charge is 0.492 e. The highest BCUT2D eigenvalue weighted by atomic mass is 35.5. The maximum absolute atomic E-state index is 12.6. The summed E-state index contributed by atoms with van der Waals surface area (Å²) >= 11 is 7.23. The highest BCUT2D eigenvalue weighted by Crippen LogP contribution is 2.31. The van der Waals surface area contributed by atoms with Crippen molar-refractivity contribution in [2.45, 2.75) is 13.8 Å². The highest BCUT2D eigenvalue weighted by molar-refractivity contribution is 7.20.